The minimum atomic E-state index is 0.691. The van der Waals surface area contributed by atoms with Crippen LogP contribution in [0, 0.1) is 6.92 Å². The lowest BCUT2D eigenvalue weighted by atomic mass is 10.3. The van der Waals surface area contributed by atoms with Crippen molar-refractivity contribution in [1.29, 1.82) is 0 Å². The Hall–Kier alpha value is -1.29. The number of hydrogen-bond donors (Lipinski definition) is 2. The second-order valence-corrected chi connectivity index (χ2v) is 2.94. The average Bonchev–Trinajstić information content (AvgIpc) is 1.94. The summed E-state index contributed by atoms with van der Waals surface area (Å²) < 4.78 is 0. The summed E-state index contributed by atoms with van der Waals surface area (Å²) in [5.74, 6) is 0.842. The summed E-state index contributed by atoms with van der Waals surface area (Å²) in [4.78, 5) is 4.14. The maximum Gasteiger partial charge on any atom is 0.143 e. The van der Waals surface area contributed by atoms with Gasteiger partial charge in [0, 0.05) is 14.1 Å². The molecule has 1 heterocycles. The van der Waals surface area contributed by atoms with Crippen molar-refractivity contribution in [3.63, 3.8) is 0 Å². The third-order valence-corrected chi connectivity index (χ3v) is 1.43. The molecule has 0 saturated carbocycles. The van der Waals surface area contributed by atoms with Crippen molar-refractivity contribution >= 4 is 11.5 Å². The van der Waals surface area contributed by atoms with Crippen LogP contribution >= 0.6 is 0 Å². The zero-order valence-electron chi connectivity index (χ0n) is 7.63. The number of nitrogens with zero attached hydrogens (tertiary/aromatic N) is 2. The molecule has 1 aromatic heterocycles. The van der Waals surface area contributed by atoms with E-state index in [0.717, 1.165) is 11.4 Å². The van der Waals surface area contributed by atoms with Gasteiger partial charge < -0.3 is 11.2 Å². The summed E-state index contributed by atoms with van der Waals surface area (Å²) in [6.45, 7) is 1.97. The van der Waals surface area contributed by atoms with E-state index in [2.05, 4.69) is 10.4 Å². The highest BCUT2D eigenvalue weighted by Crippen LogP contribution is 2.13. The molecule has 12 heavy (non-hydrogen) atoms. The zero-order valence-corrected chi connectivity index (χ0v) is 7.63. The Morgan fingerprint density at radius 3 is 2.67 bits per heavy atom. The van der Waals surface area contributed by atoms with E-state index in [1.54, 1.807) is 6.20 Å². The number of hydrazine groups is 1. The number of aromatic nitrogens is 1. The van der Waals surface area contributed by atoms with Crippen molar-refractivity contribution < 1.29 is 0 Å². The topological polar surface area (TPSA) is 54.2 Å². The van der Waals surface area contributed by atoms with Crippen molar-refractivity contribution in [2.24, 2.45) is 0 Å². The Labute approximate surface area is 72.4 Å². The normalized spacial score (nSPS) is 10.3. The summed E-state index contributed by atoms with van der Waals surface area (Å²) in [7, 11) is 3.83. The van der Waals surface area contributed by atoms with Gasteiger partial charge in [0.1, 0.15) is 5.82 Å². The fraction of sp³-hybridized carbons (Fsp3) is 0.375. The van der Waals surface area contributed by atoms with Gasteiger partial charge in [0.25, 0.3) is 0 Å². The first-order chi connectivity index (χ1) is 5.59. The number of nitrogen functional groups attached to an aromatic ring is 1. The molecule has 4 nitrogen and oxygen atoms in total. The molecule has 0 unspecified atom stereocenters. The molecule has 0 aliphatic rings. The lowest BCUT2D eigenvalue weighted by molar-refractivity contribution is 0.492. The SMILES string of the molecule is Cc1cc(N)cnc1NN(C)C. The quantitative estimate of drug-likeness (QED) is 0.640. The first kappa shape index (κ1) is 8.80. The minimum absolute atomic E-state index is 0.691. The monoisotopic (exact) mass is 166 g/mol. The number of anilines is 2. The lowest BCUT2D eigenvalue weighted by Crippen LogP contribution is -2.21. The number of aryl methyl sites for hydroxylation is 1. The number of nitrogens with two attached hydrogens (primary N) is 1. The number of nitrogens with one attached hydrogen (secondary N) is 1. The smallest absolute Gasteiger partial charge is 0.143 e. The third-order valence-electron chi connectivity index (χ3n) is 1.43. The van der Waals surface area contributed by atoms with E-state index < -0.39 is 0 Å². The predicted molar refractivity (Wildman–Crippen MR) is 50.7 cm³/mol. The summed E-state index contributed by atoms with van der Waals surface area (Å²) >= 11 is 0. The highest BCUT2D eigenvalue weighted by Gasteiger charge is 1.99. The molecule has 1 aromatic rings. The molecular formula is C8H14N4. The van der Waals surface area contributed by atoms with Crippen molar-refractivity contribution in [3.05, 3.63) is 17.8 Å². The van der Waals surface area contributed by atoms with E-state index in [4.69, 9.17) is 5.73 Å². The third kappa shape index (κ3) is 2.10. The van der Waals surface area contributed by atoms with Crippen LogP contribution in [0.25, 0.3) is 0 Å². The summed E-state index contributed by atoms with van der Waals surface area (Å²) in [6, 6.07) is 1.89. The molecule has 0 spiro atoms. The second kappa shape index (κ2) is 3.40. The zero-order chi connectivity index (χ0) is 9.14. The second-order valence-electron chi connectivity index (χ2n) is 2.94. The van der Waals surface area contributed by atoms with Gasteiger partial charge in [-0.15, -0.1) is 0 Å². The molecule has 4 heteroatoms. The average molecular weight is 166 g/mol. The highest BCUT2D eigenvalue weighted by molar-refractivity contribution is 5.50. The van der Waals surface area contributed by atoms with Gasteiger partial charge in [-0.25, -0.2) is 9.99 Å². The summed E-state index contributed by atoms with van der Waals surface area (Å²) in [5.41, 5.74) is 10.4. The Kier molecular flexibility index (Phi) is 2.50. The van der Waals surface area contributed by atoms with Gasteiger partial charge in [0.2, 0.25) is 0 Å². The largest absolute Gasteiger partial charge is 0.397 e. The van der Waals surface area contributed by atoms with Crippen LogP contribution in [-0.2, 0) is 0 Å². The van der Waals surface area contributed by atoms with Crippen LogP contribution in [0.1, 0.15) is 5.56 Å². The van der Waals surface area contributed by atoms with Crippen LogP contribution in [0.15, 0.2) is 12.3 Å². The molecule has 3 N–H and O–H groups in total. The number of pyridine rings is 1. The van der Waals surface area contributed by atoms with Crippen LogP contribution in [0.5, 0.6) is 0 Å². The van der Waals surface area contributed by atoms with Gasteiger partial charge in [-0.3, -0.25) is 0 Å². The number of rotatable bonds is 2. The molecule has 1 rings (SSSR count). The van der Waals surface area contributed by atoms with Crippen LogP contribution < -0.4 is 11.2 Å². The molecule has 0 amide bonds. The van der Waals surface area contributed by atoms with E-state index in [1.165, 1.54) is 0 Å². The minimum Gasteiger partial charge on any atom is -0.397 e. The maximum absolute atomic E-state index is 5.55. The van der Waals surface area contributed by atoms with Gasteiger partial charge in [0.05, 0.1) is 11.9 Å². The summed E-state index contributed by atoms with van der Waals surface area (Å²) in [6.07, 6.45) is 1.64. The summed E-state index contributed by atoms with van der Waals surface area (Å²) in [5, 5.41) is 1.84. The standard InChI is InChI=1S/C8H14N4/c1-6-4-7(9)5-10-8(6)11-12(2)3/h4-5H,9H2,1-3H3,(H,10,11). The molecule has 0 aliphatic heterocycles. The van der Waals surface area contributed by atoms with Crippen molar-refractivity contribution in [1.82, 2.24) is 9.99 Å². The van der Waals surface area contributed by atoms with E-state index in [9.17, 15) is 0 Å². The Balaban J connectivity index is 2.86. The molecule has 66 valence electrons. The highest BCUT2D eigenvalue weighted by atomic mass is 15.5. The van der Waals surface area contributed by atoms with E-state index in [-0.39, 0.29) is 0 Å². The lowest BCUT2D eigenvalue weighted by Gasteiger charge is -2.14. The van der Waals surface area contributed by atoms with Crippen molar-refractivity contribution in [3.8, 4) is 0 Å². The maximum atomic E-state index is 5.55. The number of hydrogen-bond acceptors (Lipinski definition) is 4. The molecule has 0 saturated heterocycles. The Morgan fingerprint density at radius 1 is 1.50 bits per heavy atom. The molecule has 0 fully saturated rings. The predicted octanol–water partition coefficient (Wildman–Crippen LogP) is 0.861. The van der Waals surface area contributed by atoms with Crippen LogP contribution in [0.2, 0.25) is 0 Å². The fourth-order valence-electron chi connectivity index (χ4n) is 0.925. The first-order valence-electron chi connectivity index (χ1n) is 3.75. The van der Waals surface area contributed by atoms with Gasteiger partial charge in [0.15, 0.2) is 0 Å². The van der Waals surface area contributed by atoms with Crippen molar-refractivity contribution in [2.75, 3.05) is 25.3 Å². The fourth-order valence-corrected chi connectivity index (χ4v) is 0.925. The van der Waals surface area contributed by atoms with Gasteiger partial charge in [-0.2, -0.15) is 0 Å². The molecular weight excluding hydrogens is 152 g/mol. The molecule has 0 atom stereocenters. The van der Waals surface area contributed by atoms with E-state index in [0.29, 0.717) is 5.69 Å². The van der Waals surface area contributed by atoms with Gasteiger partial charge >= 0.3 is 0 Å². The van der Waals surface area contributed by atoms with Gasteiger partial charge in [-0.05, 0) is 18.6 Å². The van der Waals surface area contributed by atoms with Crippen LogP contribution in [0.4, 0.5) is 11.5 Å². The van der Waals surface area contributed by atoms with Crippen LogP contribution in [0.3, 0.4) is 0 Å². The first-order valence-corrected chi connectivity index (χ1v) is 3.75. The molecule has 0 radical (unpaired) electrons. The Morgan fingerprint density at radius 2 is 2.17 bits per heavy atom. The van der Waals surface area contributed by atoms with Crippen LogP contribution in [-0.4, -0.2) is 24.1 Å². The van der Waals surface area contributed by atoms with E-state index >= 15 is 0 Å². The molecule has 0 bridgehead atoms. The molecule has 0 aromatic carbocycles. The van der Waals surface area contributed by atoms with E-state index in [1.807, 2.05) is 32.1 Å². The van der Waals surface area contributed by atoms with Crippen molar-refractivity contribution in [2.45, 2.75) is 6.92 Å². The molecule has 0 aliphatic carbocycles. The Bertz CT molecular complexity index is 270. The van der Waals surface area contributed by atoms with Gasteiger partial charge in [-0.1, -0.05) is 0 Å².